The van der Waals surface area contributed by atoms with E-state index in [0.717, 1.165) is 10.1 Å². The standard InChI is InChI=1S/C19H25N5O4/c1-5-20-18-21-16-15(17(26)23(4)19(27)22(16)3)24(18)10-13(25)11-28-14-9-7-6-8-12(14)2/h6-9,13,25H,5,10-11H2,1-4H3,(H,20,21). The maximum Gasteiger partial charge on any atom is 0.332 e. The van der Waals surface area contributed by atoms with Gasteiger partial charge >= 0.3 is 5.69 Å². The fraction of sp³-hybridized carbons (Fsp3) is 0.421. The van der Waals surface area contributed by atoms with Crippen LogP contribution in [0.3, 0.4) is 0 Å². The summed E-state index contributed by atoms with van der Waals surface area (Å²) in [5, 5.41) is 13.6. The molecule has 0 amide bonds. The van der Waals surface area contributed by atoms with Gasteiger partial charge in [0.25, 0.3) is 5.56 Å². The molecule has 0 radical (unpaired) electrons. The van der Waals surface area contributed by atoms with Crippen LogP contribution in [0.5, 0.6) is 5.75 Å². The van der Waals surface area contributed by atoms with Gasteiger partial charge < -0.3 is 19.7 Å². The zero-order valence-corrected chi connectivity index (χ0v) is 16.5. The molecule has 9 nitrogen and oxygen atoms in total. The Balaban J connectivity index is 1.95. The predicted molar refractivity (Wildman–Crippen MR) is 107 cm³/mol. The van der Waals surface area contributed by atoms with Crippen LogP contribution in [0.2, 0.25) is 0 Å². The van der Waals surface area contributed by atoms with E-state index in [9.17, 15) is 14.7 Å². The molecule has 0 spiro atoms. The minimum absolute atomic E-state index is 0.0577. The van der Waals surface area contributed by atoms with Crippen molar-refractivity contribution in [2.75, 3.05) is 18.5 Å². The molecule has 0 saturated carbocycles. The average Bonchev–Trinajstić information content (AvgIpc) is 3.02. The number of aliphatic hydroxyl groups is 1. The lowest BCUT2D eigenvalue weighted by Gasteiger charge is -2.16. The number of imidazole rings is 1. The van der Waals surface area contributed by atoms with Crippen LogP contribution in [-0.4, -0.2) is 43.0 Å². The lowest BCUT2D eigenvalue weighted by Crippen LogP contribution is -2.38. The lowest BCUT2D eigenvalue weighted by atomic mass is 10.2. The molecule has 150 valence electrons. The molecular formula is C19H25N5O4. The first-order valence-corrected chi connectivity index (χ1v) is 9.11. The predicted octanol–water partition coefficient (Wildman–Crippen LogP) is 0.614. The maximum absolute atomic E-state index is 12.7. The molecule has 0 bridgehead atoms. The van der Waals surface area contributed by atoms with Crippen LogP contribution in [0.1, 0.15) is 12.5 Å². The number of hydrogen-bond donors (Lipinski definition) is 2. The first-order chi connectivity index (χ1) is 13.3. The van der Waals surface area contributed by atoms with Crippen LogP contribution in [0, 0.1) is 6.92 Å². The van der Waals surface area contributed by atoms with Gasteiger partial charge in [0, 0.05) is 20.6 Å². The Kier molecular flexibility index (Phi) is 5.55. The number of ether oxygens (including phenoxy) is 1. The molecule has 2 N–H and O–H groups in total. The third-order valence-electron chi connectivity index (χ3n) is 4.60. The molecule has 9 heteroatoms. The van der Waals surface area contributed by atoms with Gasteiger partial charge in [0.15, 0.2) is 11.2 Å². The summed E-state index contributed by atoms with van der Waals surface area (Å²) in [6.45, 7) is 4.56. The molecule has 0 aliphatic carbocycles. The molecule has 3 aromatic rings. The van der Waals surface area contributed by atoms with Gasteiger partial charge in [-0.1, -0.05) is 18.2 Å². The number of aliphatic hydroxyl groups excluding tert-OH is 1. The summed E-state index contributed by atoms with van der Waals surface area (Å²) in [4.78, 5) is 29.3. The first-order valence-electron chi connectivity index (χ1n) is 9.11. The van der Waals surface area contributed by atoms with Crippen molar-refractivity contribution in [3.63, 3.8) is 0 Å². The molecule has 1 unspecified atom stereocenters. The topological polar surface area (TPSA) is 103 Å². The summed E-state index contributed by atoms with van der Waals surface area (Å²) >= 11 is 0. The van der Waals surface area contributed by atoms with Gasteiger partial charge in [0.1, 0.15) is 18.5 Å². The zero-order chi connectivity index (χ0) is 20.4. The monoisotopic (exact) mass is 387 g/mol. The fourth-order valence-electron chi connectivity index (χ4n) is 3.09. The largest absolute Gasteiger partial charge is 0.491 e. The second-order valence-electron chi connectivity index (χ2n) is 6.68. The zero-order valence-electron chi connectivity index (χ0n) is 16.5. The Morgan fingerprint density at radius 3 is 2.61 bits per heavy atom. The van der Waals surface area contributed by atoms with Crippen LogP contribution in [-0.2, 0) is 20.6 Å². The van der Waals surface area contributed by atoms with Crippen molar-refractivity contribution in [1.82, 2.24) is 18.7 Å². The van der Waals surface area contributed by atoms with Crippen LogP contribution in [0.25, 0.3) is 11.2 Å². The van der Waals surface area contributed by atoms with Crippen molar-refractivity contribution in [3.05, 3.63) is 50.7 Å². The average molecular weight is 387 g/mol. The highest BCUT2D eigenvalue weighted by atomic mass is 16.5. The lowest BCUT2D eigenvalue weighted by molar-refractivity contribution is 0.0935. The van der Waals surface area contributed by atoms with Crippen molar-refractivity contribution in [1.29, 1.82) is 0 Å². The summed E-state index contributed by atoms with van der Waals surface area (Å²) in [7, 11) is 2.99. The number of anilines is 1. The van der Waals surface area contributed by atoms with E-state index >= 15 is 0 Å². The number of aryl methyl sites for hydroxylation is 2. The second-order valence-corrected chi connectivity index (χ2v) is 6.68. The van der Waals surface area contributed by atoms with Crippen LogP contribution < -0.4 is 21.3 Å². The van der Waals surface area contributed by atoms with Gasteiger partial charge in [-0.15, -0.1) is 0 Å². The van der Waals surface area contributed by atoms with Gasteiger partial charge in [0.2, 0.25) is 5.95 Å². The molecule has 1 aromatic carbocycles. The molecule has 2 heterocycles. The minimum atomic E-state index is -0.878. The van der Waals surface area contributed by atoms with Crippen LogP contribution in [0.4, 0.5) is 5.95 Å². The molecule has 2 aromatic heterocycles. The highest BCUT2D eigenvalue weighted by Gasteiger charge is 2.21. The van der Waals surface area contributed by atoms with Gasteiger partial charge in [-0.3, -0.25) is 13.9 Å². The number of nitrogens with zero attached hydrogens (tertiary/aromatic N) is 4. The quantitative estimate of drug-likeness (QED) is 0.616. The SMILES string of the molecule is CCNc1nc2c(c(=O)n(C)c(=O)n2C)n1CC(O)COc1ccccc1C. The minimum Gasteiger partial charge on any atom is -0.491 e. The highest BCUT2D eigenvalue weighted by Crippen LogP contribution is 2.18. The molecule has 3 rings (SSSR count). The van der Waals surface area contributed by atoms with E-state index in [2.05, 4.69) is 10.3 Å². The molecule has 0 aliphatic rings. The number of hydrogen-bond acceptors (Lipinski definition) is 6. The summed E-state index contributed by atoms with van der Waals surface area (Å²) in [6.07, 6.45) is -0.878. The summed E-state index contributed by atoms with van der Waals surface area (Å²) < 4.78 is 9.67. The molecular weight excluding hydrogens is 362 g/mol. The van der Waals surface area contributed by atoms with Crippen molar-refractivity contribution in [2.45, 2.75) is 26.5 Å². The molecule has 1 atom stereocenters. The van der Waals surface area contributed by atoms with Crippen molar-refractivity contribution < 1.29 is 9.84 Å². The molecule has 0 fully saturated rings. The van der Waals surface area contributed by atoms with Crippen molar-refractivity contribution in [2.24, 2.45) is 14.1 Å². The smallest absolute Gasteiger partial charge is 0.332 e. The van der Waals surface area contributed by atoms with Crippen molar-refractivity contribution in [3.8, 4) is 5.75 Å². The summed E-state index contributed by atoms with van der Waals surface area (Å²) in [5.74, 6) is 1.12. The third-order valence-corrected chi connectivity index (χ3v) is 4.60. The second kappa shape index (κ2) is 7.89. The van der Waals surface area contributed by atoms with E-state index in [1.54, 1.807) is 11.6 Å². The normalized spacial score (nSPS) is 12.3. The van der Waals surface area contributed by atoms with E-state index in [0.29, 0.717) is 18.2 Å². The molecule has 0 aliphatic heterocycles. The van der Waals surface area contributed by atoms with Gasteiger partial charge in [-0.2, -0.15) is 4.98 Å². The van der Waals surface area contributed by atoms with E-state index < -0.39 is 17.4 Å². The van der Waals surface area contributed by atoms with E-state index in [-0.39, 0.29) is 24.3 Å². The number of rotatable bonds is 7. The van der Waals surface area contributed by atoms with Gasteiger partial charge in [-0.05, 0) is 25.5 Å². The number of fused-ring (bicyclic) bond motifs is 1. The Hall–Kier alpha value is -3.07. The summed E-state index contributed by atoms with van der Waals surface area (Å²) in [6, 6.07) is 7.55. The number of para-hydroxylation sites is 1. The third kappa shape index (κ3) is 3.53. The Morgan fingerprint density at radius 2 is 1.93 bits per heavy atom. The Bertz CT molecular complexity index is 1110. The van der Waals surface area contributed by atoms with Gasteiger partial charge in [-0.25, -0.2) is 4.79 Å². The first kappa shape index (κ1) is 19.7. The Labute approximate surface area is 161 Å². The summed E-state index contributed by atoms with van der Waals surface area (Å²) in [5.41, 5.74) is 0.599. The number of nitrogens with one attached hydrogen (secondary N) is 1. The van der Waals surface area contributed by atoms with Crippen molar-refractivity contribution >= 4 is 17.1 Å². The van der Waals surface area contributed by atoms with E-state index in [1.807, 2.05) is 38.1 Å². The number of aromatic nitrogens is 4. The molecule has 28 heavy (non-hydrogen) atoms. The van der Waals surface area contributed by atoms with Gasteiger partial charge in [0.05, 0.1) is 6.54 Å². The van der Waals surface area contributed by atoms with E-state index in [4.69, 9.17) is 4.74 Å². The fourth-order valence-corrected chi connectivity index (χ4v) is 3.09. The number of benzene rings is 1. The van der Waals surface area contributed by atoms with Crippen LogP contribution >= 0.6 is 0 Å². The van der Waals surface area contributed by atoms with E-state index in [1.165, 1.54) is 11.6 Å². The highest BCUT2D eigenvalue weighted by molar-refractivity contribution is 5.74. The van der Waals surface area contributed by atoms with Crippen LogP contribution in [0.15, 0.2) is 33.9 Å². The molecule has 0 saturated heterocycles. The maximum atomic E-state index is 12.7. The Morgan fingerprint density at radius 1 is 1.21 bits per heavy atom.